The smallest absolute Gasteiger partial charge is 0.412 e. The normalized spacial score (nSPS) is 12.8. The summed E-state index contributed by atoms with van der Waals surface area (Å²) in [5.41, 5.74) is -0.411. The van der Waals surface area contributed by atoms with Gasteiger partial charge in [0.25, 0.3) is 0 Å². The first kappa shape index (κ1) is 19.2. The number of amides is 1. The molecular weight excluding hydrogens is 332 g/mol. The molecule has 0 saturated heterocycles. The van der Waals surface area contributed by atoms with Crippen molar-refractivity contribution in [1.82, 2.24) is 0 Å². The summed E-state index contributed by atoms with van der Waals surface area (Å²) in [5.74, 6) is -2.86. The number of hydrogen-bond acceptors (Lipinski definition) is 3. The molecule has 8 heteroatoms. The van der Waals surface area contributed by atoms with Gasteiger partial charge in [0, 0.05) is 10.7 Å². The van der Waals surface area contributed by atoms with Crippen molar-refractivity contribution >= 4 is 29.4 Å². The summed E-state index contributed by atoms with van der Waals surface area (Å²) in [7, 11) is 0. The van der Waals surface area contributed by atoms with Crippen LogP contribution in [0.2, 0.25) is 5.02 Å². The maximum atomic E-state index is 13.0. The van der Waals surface area contributed by atoms with Crippen LogP contribution in [0.25, 0.3) is 0 Å². The number of carboxylic acids is 1. The van der Waals surface area contributed by atoms with Gasteiger partial charge in [-0.3, -0.25) is 10.1 Å². The Labute approximate surface area is 137 Å². The molecule has 1 unspecified atom stereocenters. The minimum atomic E-state index is -2.87. The Morgan fingerprint density at radius 2 is 1.96 bits per heavy atom. The molecule has 0 spiro atoms. The highest BCUT2D eigenvalue weighted by molar-refractivity contribution is 6.31. The van der Waals surface area contributed by atoms with Crippen molar-refractivity contribution in [2.75, 3.05) is 5.32 Å². The molecule has 0 heterocycles. The third kappa shape index (κ3) is 6.40. The SMILES string of the molecule is CC(C)(C)OC(=O)Nc1ccc(C(CC(=O)O)C(F)F)c(Cl)c1. The second-order valence-corrected chi connectivity index (χ2v) is 6.31. The van der Waals surface area contributed by atoms with E-state index in [0.29, 0.717) is 0 Å². The highest BCUT2D eigenvalue weighted by Crippen LogP contribution is 2.33. The summed E-state index contributed by atoms with van der Waals surface area (Å²) < 4.78 is 31.1. The number of carboxylic acid groups (broad SMARTS) is 1. The second-order valence-electron chi connectivity index (χ2n) is 5.90. The molecule has 0 aliphatic carbocycles. The number of halogens is 3. The summed E-state index contributed by atoms with van der Waals surface area (Å²) >= 11 is 5.95. The van der Waals surface area contributed by atoms with Gasteiger partial charge in [-0.05, 0) is 38.5 Å². The van der Waals surface area contributed by atoms with Crippen LogP contribution in [0.15, 0.2) is 18.2 Å². The molecule has 0 aliphatic rings. The van der Waals surface area contributed by atoms with E-state index in [1.54, 1.807) is 20.8 Å². The topological polar surface area (TPSA) is 75.6 Å². The van der Waals surface area contributed by atoms with E-state index >= 15 is 0 Å². The van der Waals surface area contributed by atoms with Crippen LogP contribution >= 0.6 is 11.6 Å². The number of aliphatic carboxylic acids is 1. The first-order valence-electron chi connectivity index (χ1n) is 6.79. The van der Waals surface area contributed by atoms with Gasteiger partial charge in [-0.1, -0.05) is 17.7 Å². The number of carbonyl (C=O) groups is 2. The minimum absolute atomic E-state index is 0.0128. The van der Waals surface area contributed by atoms with Crippen molar-refractivity contribution in [2.24, 2.45) is 0 Å². The van der Waals surface area contributed by atoms with Crippen LogP contribution in [-0.4, -0.2) is 29.2 Å². The van der Waals surface area contributed by atoms with Crippen LogP contribution < -0.4 is 5.32 Å². The van der Waals surface area contributed by atoms with E-state index in [9.17, 15) is 18.4 Å². The largest absolute Gasteiger partial charge is 0.481 e. The molecule has 0 bridgehead atoms. The first-order valence-corrected chi connectivity index (χ1v) is 7.17. The Morgan fingerprint density at radius 3 is 2.39 bits per heavy atom. The van der Waals surface area contributed by atoms with E-state index in [2.05, 4.69) is 5.32 Å². The van der Waals surface area contributed by atoms with Crippen LogP contribution in [0.5, 0.6) is 0 Å². The molecule has 1 aromatic rings. The van der Waals surface area contributed by atoms with Gasteiger partial charge in [0.2, 0.25) is 6.43 Å². The predicted molar refractivity (Wildman–Crippen MR) is 82.3 cm³/mol. The van der Waals surface area contributed by atoms with E-state index < -0.39 is 36.4 Å². The molecule has 0 fully saturated rings. The zero-order valence-corrected chi connectivity index (χ0v) is 13.7. The lowest BCUT2D eigenvalue weighted by Gasteiger charge is -2.20. The van der Waals surface area contributed by atoms with Crippen molar-refractivity contribution in [3.63, 3.8) is 0 Å². The number of hydrogen-bond donors (Lipinski definition) is 2. The molecule has 1 rings (SSSR count). The van der Waals surface area contributed by atoms with E-state index in [1.807, 2.05) is 0 Å². The Kier molecular flexibility index (Phi) is 6.32. The van der Waals surface area contributed by atoms with Crippen molar-refractivity contribution in [3.05, 3.63) is 28.8 Å². The summed E-state index contributed by atoms with van der Waals surface area (Å²) in [5, 5.41) is 11.1. The number of benzene rings is 1. The van der Waals surface area contributed by atoms with Gasteiger partial charge in [0.1, 0.15) is 5.60 Å². The summed E-state index contributed by atoms with van der Waals surface area (Å²) in [4.78, 5) is 22.3. The first-order chi connectivity index (χ1) is 10.5. The molecule has 2 N–H and O–H groups in total. The molecule has 0 aliphatic heterocycles. The van der Waals surface area contributed by atoms with Crippen LogP contribution in [0.4, 0.5) is 19.3 Å². The Balaban J connectivity index is 2.92. The summed E-state index contributed by atoms with van der Waals surface area (Å²) in [6.45, 7) is 5.09. The number of ether oxygens (including phenoxy) is 1. The highest BCUT2D eigenvalue weighted by Gasteiger charge is 2.27. The van der Waals surface area contributed by atoms with Crippen LogP contribution in [0.3, 0.4) is 0 Å². The van der Waals surface area contributed by atoms with E-state index in [-0.39, 0.29) is 16.3 Å². The van der Waals surface area contributed by atoms with Gasteiger partial charge >= 0.3 is 12.1 Å². The number of rotatable bonds is 5. The fourth-order valence-corrected chi connectivity index (χ4v) is 2.17. The third-order valence-electron chi connectivity index (χ3n) is 2.74. The Bertz CT molecular complexity index is 587. The Morgan fingerprint density at radius 1 is 1.35 bits per heavy atom. The highest BCUT2D eigenvalue weighted by atomic mass is 35.5. The molecule has 0 aromatic heterocycles. The molecule has 23 heavy (non-hydrogen) atoms. The maximum Gasteiger partial charge on any atom is 0.412 e. The van der Waals surface area contributed by atoms with Crippen LogP contribution in [0, 0.1) is 0 Å². The van der Waals surface area contributed by atoms with E-state index in [0.717, 1.165) is 0 Å². The van der Waals surface area contributed by atoms with Crippen molar-refractivity contribution in [2.45, 2.75) is 45.1 Å². The Hall–Kier alpha value is -1.89. The predicted octanol–water partition coefficient (Wildman–Crippen LogP) is 4.51. The summed E-state index contributed by atoms with van der Waals surface area (Å²) in [6, 6.07) is 3.91. The fraction of sp³-hybridized carbons (Fsp3) is 0.467. The van der Waals surface area contributed by atoms with E-state index in [4.69, 9.17) is 21.4 Å². The second kappa shape index (κ2) is 7.59. The van der Waals surface area contributed by atoms with Gasteiger partial charge < -0.3 is 9.84 Å². The molecule has 128 valence electrons. The third-order valence-corrected chi connectivity index (χ3v) is 3.07. The molecule has 1 amide bonds. The zero-order valence-electron chi connectivity index (χ0n) is 12.9. The molecule has 1 atom stereocenters. The lowest BCUT2D eigenvalue weighted by atomic mass is 9.96. The quantitative estimate of drug-likeness (QED) is 0.820. The van der Waals surface area contributed by atoms with Crippen molar-refractivity contribution < 1.29 is 28.2 Å². The van der Waals surface area contributed by atoms with Gasteiger partial charge in [0.05, 0.1) is 12.3 Å². The number of nitrogens with one attached hydrogen (secondary N) is 1. The van der Waals surface area contributed by atoms with Crippen LogP contribution in [0.1, 0.15) is 38.7 Å². The van der Waals surface area contributed by atoms with Gasteiger partial charge in [-0.15, -0.1) is 0 Å². The number of anilines is 1. The minimum Gasteiger partial charge on any atom is -0.481 e. The van der Waals surface area contributed by atoms with E-state index in [1.165, 1.54) is 18.2 Å². The van der Waals surface area contributed by atoms with Crippen LogP contribution in [-0.2, 0) is 9.53 Å². The van der Waals surface area contributed by atoms with Crippen molar-refractivity contribution in [1.29, 1.82) is 0 Å². The van der Waals surface area contributed by atoms with Gasteiger partial charge in [0.15, 0.2) is 0 Å². The average molecular weight is 350 g/mol. The average Bonchev–Trinajstić information content (AvgIpc) is 2.33. The number of alkyl halides is 2. The van der Waals surface area contributed by atoms with Crippen molar-refractivity contribution in [3.8, 4) is 0 Å². The molecule has 0 saturated carbocycles. The molecule has 1 aromatic carbocycles. The lowest BCUT2D eigenvalue weighted by molar-refractivity contribution is -0.138. The zero-order chi connectivity index (χ0) is 17.8. The lowest BCUT2D eigenvalue weighted by Crippen LogP contribution is -2.27. The van der Waals surface area contributed by atoms with Gasteiger partial charge in [-0.25, -0.2) is 13.6 Å². The molecular formula is C15H18ClF2NO4. The molecule has 0 radical (unpaired) electrons. The number of carbonyl (C=O) groups excluding carboxylic acids is 1. The monoisotopic (exact) mass is 349 g/mol. The standard InChI is InChI=1S/C15H18ClF2NO4/c1-15(2,3)23-14(22)19-8-4-5-9(11(16)6-8)10(13(17)18)7-12(20)21/h4-6,10,13H,7H2,1-3H3,(H,19,22)(H,20,21). The summed E-state index contributed by atoms with van der Waals surface area (Å²) in [6.07, 6.45) is -4.32. The maximum absolute atomic E-state index is 13.0. The molecule has 5 nitrogen and oxygen atoms in total. The fourth-order valence-electron chi connectivity index (χ4n) is 1.85. The van der Waals surface area contributed by atoms with Gasteiger partial charge in [-0.2, -0.15) is 0 Å².